The van der Waals surface area contributed by atoms with E-state index in [9.17, 15) is 0 Å². The van der Waals surface area contributed by atoms with E-state index < -0.39 is 0 Å². The van der Waals surface area contributed by atoms with Gasteiger partial charge in [0.25, 0.3) is 0 Å². The molecule has 0 saturated heterocycles. The third-order valence-corrected chi connectivity index (χ3v) is 5.41. The molecule has 2 aliphatic rings. The molecule has 108 valence electrons. The van der Waals surface area contributed by atoms with E-state index >= 15 is 0 Å². The van der Waals surface area contributed by atoms with Gasteiger partial charge in [-0.1, -0.05) is 35.9 Å². The molecule has 0 bridgehead atoms. The maximum absolute atomic E-state index is 3.77. The lowest BCUT2D eigenvalue weighted by molar-refractivity contribution is 0.393. The molecular weight excluding hydrogens is 254 g/mol. The molecule has 0 spiro atoms. The van der Waals surface area contributed by atoms with Crippen molar-refractivity contribution in [3.8, 4) is 0 Å². The molecule has 1 N–H and O–H groups in total. The summed E-state index contributed by atoms with van der Waals surface area (Å²) < 4.78 is 0. The molecule has 0 amide bonds. The van der Waals surface area contributed by atoms with Crippen LogP contribution in [0.25, 0.3) is 0 Å². The highest BCUT2D eigenvalue weighted by atomic mass is 14.9. The number of hydrogen-bond acceptors (Lipinski definition) is 1. The Balaban J connectivity index is 1.92. The zero-order chi connectivity index (χ0) is 14.6. The Morgan fingerprint density at radius 1 is 0.905 bits per heavy atom. The van der Waals surface area contributed by atoms with Crippen molar-refractivity contribution in [1.29, 1.82) is 0 Å². The number of aryl methyl sites for hydroxylation is 4. The fourth-order valence-corrected chi connectivity index (χ4v) is 4.11. The van der Waals surface area contributed by atoms with Crippen LogP contribution in [0, 0.1) is 20.8 Å². The first kappa shape index (κ1) is 13.1. The second-order valence-electron chi connectivity index (χ2n) is 6.84. The monoisotopic (exact) mass is 277 g/mol. The SMILES string of the molecule is Cc1ccc2c(c1)C1c3cc(C)c(C)cc3CCC1NC2. The summed E-state index contributed by atoms with van der Waals surface area (Å²) in [6, 6.07) is 12.4. The van der Waals surface area contributed by atoms with E-state index in [0.29, 0.717) is 12.0 Å². The van der Waals surface area contributed by atoms with E-state index in [1.165, 1.54) is 35.1 Å². The largest absolute Gasteiger partial charge is 0.309 e. The van der Waals surface area contributed by atoms with Gasteiger partial charge in [0.1, 0.15) is 0 Å². The number of nitrogens with one attached hydrogen (secondary N) is 1. The minimum atomic E-state index is 0.539. The molecule has 0 fully saturated rings. The van der Waals surface area contributed by atoms with Gasteiger partial charge in [-0.05, 0) is 67.0 Å². The van der Waals surface area contributed by atoms with Gasteiger partial charge in [-0.25, -0.2) is 0 Å². The minimum absolute atomic E-state index is 0.539. The summed E-state index contributed by atoms with van der Waals surface area (Å²) in [5.74, 6) is 0.539. The highest BCUT2D eigenvalue weighted by Crippen LogP contribution is 2.41. The van der Waals surface area contributed by atoms with Gasteiger partial charge in [0.2, 0.25) is 0 Å². The molecule has 1 aliphatic carbocycles. The predicted octanol–water partition coefficient (Wildman–Crippen LogP) is 4.16. The summed E-state index contributed by atoms with van der Waals surface area (Å²) in [7, 11) is 0. The summed E-state index contributed by atoms with van der Waals surface area (Å²) in [6.45, 7) is 7.71. The molecule has 4 rings (SSSR count). The van der Waals surface area contributed by atoms with Crippen LogP contribution in [-0.2, 0) is 13.0 Å². The van der Waals surface area contributed by atoms with Crippen molar-refractivity contribution in [2.75, 3.05) is 0 Å². The van der Waals surface area contributed by atoms with Gasteiger partial charge in [0.15, 0.2) is 0 Å². The molecular formula is C20H23N. The van der Waals surface area contributed by atoms with Gasteiger partial charge in [0.05, 0.1) is 0 Å². The molecule has 1 nitrogen and oxygen atoms in total. The average molecular weight is 277 g/mol. The summed E-state index contributed by atoms with van der Waals surface area (Å²) in [4.78, 5) is 0. The van der Waals surface area contributed by atoms with Gasteiger partial charge in [-0.3, -0.25) is 0 Å². The Morgan fingerprint density at radius 2 is 1.67 bits per heavy atom. The van der Waals surface area contributed by atoms with Crippen LogP contribution in [0.3, 0.4) is 0 Å². The lowest BCUT2D eigenvalue weighted by atomic mass is 9.71. The zero-order valence-electron chi connectivity index (χ0n) is 13.2. The molecule has 21 heavy (non-hydrogen) atoms. The van der Waals surface area contributed by atoms with E-state index in [1.807, 2.05) is 0 Å². The highest BCUT2D eigenvalue weighted by molar-refractivity contribution is 5.50. The molecule has 2 aromatic carbocycles. The fourth-order valence-electron chi connectivity index (χ4n) is 4.11. The first-order valence-corrected chi connectivity index (χ1v) is 8.06. The molecule has 2 aromatic rings. The molecule has 1 heteroatoms. The Kier molecular flexibility index (Phi) is 2.93. The molecule has 1 heterocycles. The Bertz CT molecular complexity index is 714. The summed E-state index contributed by atoms with van der Waals surface area (Å²) >= 11 is 0. The van der Waals surface area contributed by atoms with E-state index in [0.717, 1.165) is 6.54 Å². The standard InChI is InChI=1S/C20H23N/c1-12-4-5-16-11-21-19-7-6-15-9-13(2)14(3)10-18(15)20(19)17(16)8-12/h4-5,8-10,19-21H,6-7,11H2,1-3H3. The van der Waals surface area contributed by atoms with Crippen LogP contribution in [0.4, 0.5) is 0 Å². The van der Waals surface area contributed by atoms with Crippen molar-refractivity contribution in [3.05, 3.63) is 69.3 Å². The topological polar surface area (TPSA) is 12.0 Å². The maximum Gasteiger partial charge on any atom is 0.0249 e. The Morgan fingerprint density at radius 3 is 2.52 bits per heavy atom. The second kappa shape index (κ2) is 4.71. The van der Waals surface area contributed by atoms with Crippen LogP contribution in [0.1, 0.15) is 51.3 Å². The first-order valence-electron chi connectivity index (χ1n) is 8.06. The Hall–Kier alpha value is -1.60. The lowest BCUT2D eigenvalue weighted by Crippen LogP contribution is -2.42. The normalized spacial score (nSPS) is 23.2. The smallest absolute Gasteiger partial charge is 0.0249 e. The third kappa shape index (κ3) is 2.03. The predicted molar refractivity (Wildman–Crippen MR) is 87.9 cm³/mol. The van der Waals surface area contributed by atoms with Crippen LogP contribution in [0.15, 0.2) is 30.3 Å². The van der Waals surface area contributed by atoms with Crippen molar-refractivity contribution in [1.82, 2.24) is 5.32 Å². The van der Waals surface area contributed by atoms with E-state index in [2.05, 4.69) is 56.4 Å². The number of benzene rings is 2. The van der Waals surface area contributed by atoms with Crippen LogP contribution < -0.4 is 5.32 Å². The third-order valence-electron chi connectivity index (χ3n) is 5.41. The number of fused-ring (bicyclic) bond motifs is 5. The van der Waals surface area contributed by atoms with Crippen molar-refractivity contribution in [3.63, 3.8) is 0 Å². The molecule has 0 aromatic heterocycles. The molecule has 0 saturated carbocycles. The average Bonchev–Trinajstić information content (AvgIpc) is 2.48. The summed E-state index contributed by atoms with van der Waals surface area (Å²) in [5, 5.41) is 3.77. The van der Waals surface area contributed by atoms with Gasteiger partial charge < -0.3 is 5.32 Å². The van der Waals surface area contributed by atoms with Gasteiger partial charge >= 0.3 is 0 Å². The molecule has 0 radical (unpaired) electrons. The molecule has 1 aliphatic heterocycles. The first-order chi connectivity index (χ1) is 10.1. The molecule has 2 unspecified atom stereocenters. The van der Waals surface area contributed by atoms with Crippen molar-refractivity contribution < 1.29 is 0 Å². The lowest BCUT2D eigenvalue weighted by Gasteiger charge is -2.40. The summed E-state index contributed by atoms with van der Waals surface area (Å²) in [5.41, 5.74) is 10.4. The maximum atomic E-state index is 3.77. The van der Waals surface area contributed by atoms with Gasteiger partial charge in [-0.2, -0.15) is 0 Å². The summed E-state index contributed by atoms with van der Waals surface area (Å²) in [6.07, 6.45) is 2.47. The van der Waals surface area contributed by atoms with E-state index in [4.69, 9.17) is 0 Å². The zero-order valence-corrected chi connectivity index (χ0v) is 13.2. The fraction of sp³-hybridized carbons (Fsp3) is 0.400. The second-order valence-corrected chi connectivity index (χ2v) is 6.84. The number of hydrogen-bond donors (Lipinski definition) is 1. The van der Waals surface area contributed by atoms with Crippen molar-refractivity contribution >= 4 is 0 Å². The highest BCUT2D eigenvalue weighted by Gasteiger charge is 2.35. The van der Waals surface area contributed by atoms with Crippen molar-refractivity contribution in [2.24, 2.45) is 0 Å². The quantitative estimate of drug-likeness (QED) is 0.762. The van der Waals surface area contributed by atoms with E-state index in [-0.39, 0.29) is 0 Å². The van der Waals surface area contributed by atoms with Crippen LogP contribution in [-0.4, -0.2) is 6.04 Å². The van der Waals surface area contributed by atoms with E-state index in [1.54, 1.807) is 16.7 Å². The Labute approximate surface area is 127 Å². The van der Waals surface area contributed by atoms with Crippen LogP contribution >= 0.6 is 0 Å². The molecule has 2 atom stereocenters. The van der Waals surface area contributed by atoms with Gasteiger partial charge in [0, 0.05) is 18.5 Å². The number of rotatable bonds is 0. The van der Waals surface area contributed by atoms with Crippen LogP contribution in [0.5, 0.6) is 0 Å². The van der Waals surface area contributed by atoms with Gasteiger partial charge in [-0.15, -0.1) is 0 Å². The minimum Gasteiger partial charge on any atom is -0.309 e. The van der Waals surface area contributed by atoms with Crippen molar-refractivity contribution in [2.45, 2.75) is 52.1 Å². The van der Waals surface area contributed by atoms with Crippen LogP contribution in [0.2, 0.25) is 0 Å².